The maximum Gasteiger partial charge on any atom is 0.206 e. The number of halogens is 2. The Labute approximate surface area is 83.5 Å². The Hall–Kier alpha value is -1.62. The molecule has 0 unspecified atom stereocenters. The average Bonchev–Trinajstić information content (AvgIpc) is 2.50. The van der Waals surface area contributed by atoms with Crippen molar-refractivity contribution in [1.82, 2.24) is 10.1 Å². The summed E-state index contributed by atoms with van der Waals surface area (Å²) in [6.07, 6.45) is 1.06. The van der Waals surface area contributed by atoms with Crippen LogP contribution in [0.1, 0.15) is 0 Å². The van der Waals surface area contributed by atoms with Crippen molar-refractivity contribution in [2.75, 3.05) is 5.73 Å². The summed E-state index contributed by atoms with van der Waals surface area (Å²) in [5.74, 6) is -0.102. The lowest BCUT2D eigenvalue weighted by Crippen LogP contribution is -1.85. The molecule has 72 valence electrons. The summed E-state index contributed by atoms with van der Waals surface area (Å²) >= 11 is 5.77. The zero-order valence-electron chi connectivity index (χ0n) is 6.87. The first-order valence-corrected chi connectivity index (χ1v) is 4.09. The number of rotatable bonds is 1. The minimum atomic E-state index is -0.433. The minimum Gasteiger partial charge on any atom is -0.380 e. The van der Waals surface area contributed by atoms with Crippen molar-refractivity contribution < 1.29 is 8.91 Å². The summed E-state index contributed by atoms with van der Waals surface area (Å²) in [5.41, 5.74) is 5.76. The van der Waals surface area contributed by atoms with Gasteiger partial charge in [0.15, 0.2) is 5.82 Å². The summed E-state index contributed by atoms with van der Waals surface area (Å²) < 4.78 is 17.4. The third-order valence-electron chi connectivity index (χ3n) is 1.62. The number of hydrogen-bond donors (Lipinski definition) is 1. The van der Waals surface area contributed by atoms with E-state index < -0.39 is 5.82 Å². The van der Waals surface area contributed by atoms with Gasteiger partial charge in [-0.25, -0.2) is 9.37 Å². The van der Waals surface area contributed by atoms with Gasteiger partial charge in [-0.3, -0.25) is 0 Å². The molecular formula is C8H5ClFN3O. The van der Waals surface area contributed by atoms with Crippen molar-refractivity contribution in [3.63, 3.8) is 0 Å². The highest BCUT2D eigenvalue weighted by Crippen LogP contribution is 2.30. The molecule has 2 aromatic heterocycles. The fourth-order valence-corrected chi connectivity index (χ4v) is 1.13. The van der Waals surface area contributed by atoms with Crippen molar-refractivity contribution in [2.24, 2.45) is 0 Å². The second kappa shape index (κ2) is 3.26. The summed E-state index contributed by atoms with van der Waals surface area (Å²) in [5, 5.41) is 3.64. The first-order chi connectivity index (χ1) is 6.68. The van der Waals surface area contributed by atoms with Crippen molar-refractivity contribution >= 4 is 17.4 Å². The molecule has 2 N–H and O–H groups in total. The molecule has 0 spiro atoms. The van der Waals surface area contributed by atoms with Crippen LogP contribution < -0.4 is 5.73 Å². The number of anilines is 1. The maximum absolute atomic E-state index is 12.5. The molecule has 0 fully saturated rings. The van der Waals surface area contributed by atoms with Crippen LogP contribution in [0.5, 0.6) is 0 Å². The number of aromatic nitrogens is 2. The van der Waals surface area contributed by atoms with Crippen molar-refractivity contribution in [3.05, 3.63) is 29.2 Å². The van der Waals surface area contributed by atoms with E-state index in [9.17, 15) is 4.39 Å². The molecule has 14 heavy (non-hydrogen) atoms. The Kier molecular flexibility index (Phi) is 2.09. The van der Waals surface area contributed by atoms with Crippen LogP contribution in [0.2, 0.25) is 5.02 Å². The Morgan fingerprint density at radius 3 is 2.71 bits per heavy atom. The molecule has 6 heteroatoms. The molecule has 2 aromatic rings. The lowest BCUT2D eigenvalue weighted by molar-refractivity contribution is 0.434. The van der Waals surface area contributed by atoms with Gasteiger partial charge in [-0.05, 0) is 12.1 Å². The summed E-state index contributed by atoms with van der Waals surface area (Å²) in [6.45, 7) is 0. The van der Waals surface area contributed by atoms with Gasteiger partial charge in [0.1, 0.15) is 16.5 Å². The van der Waals surface area contributed by atoms with Crippen molar-refractivity contribution in [3.8, 4) is 11.5 Å². The van der Waals surface area contributed by atoms with Gasteiger partial charge in [0.25, 0.3) is 0 Å². The summed E-state index contributed by atoms with van der Waals surface area (Å²) in [4.78, 5) is 3.77. The van der Waals surface area contributed by atoms with Gasteiger partial charge < -0.3 is 10.3 Å². The van der Waals surface area contributed by atoms with Gasteiger partial charge in [0, 0.05) is 0 Å². The molecule has 0 aliphatic heterocycles. The van der Waals surface area contributed by atoms with Gasteiger partial charge in [-0.15, -0.1) is 0 Å². The van der Waals surface area contributed by atoms with Gasteiger partial charge >= 0.3 is 0 Å². The molecule has 0 amide bonds. The van der Waals surface area contributed by atoms with Crippen LogP contribution in [0.4, 0.5) is 10.2 Å². The normalized spacial score (nSPS) is 10.4. The van der Waals surface area contributed by atoms with Crippen LogP contribution >= 0.6 is 11.6 Å². The van der Waals surface area contributed by atoms with Gasteiger partial charge in [0.05, 0.1) is 6.20 Å². The maximum atomic E-state index is 12.5. The van der Waals surface area contributed by atoms with E-state index in [1.54, 1.807) is 0 Å². The number of nitrogens with two attached hydrogens (primary N) is 1. The van der Waals surface area contributed by atoms with Crippen LogP contribution in [0.15, 0.2) is 22.9 Å². The molecule has 0 saturated heterocycles. The minimum absolute atomic E-state index is 0.0905. The van der Waals surface area contributed by atoms with E-state index in [-0.39, 0.29) is 16.6 Å². The molecule has 2 rings (SSSR count). The van der Waals surface area contributed by atoms with Crippen molar-refractivity contribution in [1.29, 1.82) is 0 Å². The van der Waals surface area contributed by atoms with Crippen LogP contribution in [-0.4, -0.2) is 10.1 Å². The number of hydrogen-bond acceptors (Lipinski definition) is 4. The van der Waals surface area contributed by atoms with E-state index in [0.29, 0.717) is 5.69 Å². The van der Waals surface area contributed by atoms with Crippen LogP contribution in [-0.2, 0) is 0 Å². The quantitative estimate of drug-likeness (QED) is 0.788. The van der Waals surface area contributed by atoms with E-state index in [1.165, 1.54) is 12.1 Å². The second-order valence-corrected chi connectivity index (χ2v) is 2.95. The SMILES string of the molecule is Nc1noc(-c2ccc(F)cn2)c1Cl. The summed E-state index contributed by atoms with van der Waals surface area (Å²) in [6, 6.07) is 2.68. The molecule has 0 radical (unpaired) electrons. The molecule has 0 atom stereocenters. The number of pyridine rings is 1. The standard InChI is InChI=1S/C8H5ClFN3O/c9-6-7(14-13-8(6)11)5-2-1-4(10)3-12-5/h1-3H,(H2,11,13). The molecule has 2 heterocycles. The zero-order valence-corrected chi connectivity index (χ0v) is 7.62. The smallest absolute Gasteiger partial charge is 0.206 e. The Morgan fingerprint density at radius 2 is 2.21 bits per heavy atom. The highest BCUT2D eigenvalue weighted by molar-refractivity contribution is 6.35. The predicted octanol–water partition coefficient (Wildman–Crippen LogP) is 2.11. The molecular weight excluding hydrogens is 209 g/mol. The van der Waals surface area contributed by atoms with Crippen LogP contribution in [0.3, 0.4) is 0 Å². The van der Waals surface area contributed by atoms with Gasteiger partial charge in [-0.1, -0.05) is 16.8 Å². The third-order valence-corrected chi connectivity index (χ3v) is 1.98. The topological polar surface area (TPSA) is 64.9 Å². The number of nitrogen functional groups attached to an aromatic ring is 1. The largest absolute Gasteiger partial charge is 0.380 e. The first-order valence-electron chi connectivity index (χ1n) is 3.71. The average molecular weight is 214 g/mol. The summed E-state index contributed by atoms with van der Waals surface area (Å²) in [7, 11) is 0. The molecule has 0 bridgehead atoms. The van der Waals surface area contributed by atoms with E-state index >= 15 is 0 Å². The zero-order chi connectivity index (χ0) is 10.1. The van der Waals surface area contributed by atoms with E-state index in [0.717, 1.165) is 6.20 Å². The van der Waals surface area contributed by atoms with Gasteiger partial charge in [0.2, 0.25) is 5.76 Å². The molecule has 4 nitrogen and oxygen atoms in total. The Balaban J connectivity index is 2.49. The highest BCUT2D eigenvalue weighted by atomic mass is 35.5. The monoisotopic (exact) mass is 213 g/mol. The fraction of sp³-hybridized carbons (Fsp3) is 0. The lowest BCUT2D eigenvalue weighted by atomic mass is 10.3. The Morgan fingerprint density at radius 1 is 1.43 bits per heavy atom. The second-order valence-electron chi connectivity index (χ2n) is 2.57. The van der Waals surface area contributed by atoms with E-state index in [2.05, 4.69) is 10.1 Å². The van der Waals surface area contributed by atoms with E-state index in [1.807, 2.05) is 0 Å². The van der Waals surface area contributed by atoms with Crippen LogP contribution in [0.25, 0.3) is 11.5 Å². The Bertz CT molecular complexity index is 454. The molecule has 0 aliphatic carbocycles. The fourth-order valence-electron chi connectivity index (χ4n) is 0.961. The molecule has 0 saturated carbocycles. The third kappa shape index (κ3) is 1.42. The van der Waals surface area contributed by atoms with Gasteiger partial charge in [-0.2, -0.15) is 0 Å². The first kappa shape index (κ1) is 8.96. The number of nitrogens with zero attached hydrogens (tertiary/aromatic N) is 2. The van der Waals surface area contributed by atoms with E-state index in [4.69, 9.17) is 21.9 Å². The lowest BCUT2D eigenvalue weighted by Gasteiger charge is -1.94. The molecule has 0 aromatic carbocycles. The highest BCUT2D eigenvalue weighted by Gasteiger charge is 2.14. The van der Waals surface area contributed by atoms with Crippen LogP contribution in [0, 0.1) is 5.82 Å². The predicted molar refractivity (Wildman–Crippen MR) is 49.1 cm³/mol. The van der Waals surface area contributed by atoms with Crippen molar-refractivity contribution in [2.45, 2.75) is 0 Å². The molecule has 0 aliphatic rings.